The van der Waals surface area contributed by atoms with E-state index in [0.29, 0.717) is 0 Å². The number of hydrogen-bond donors (Lipinski definition) is 0. The number of benzene rings is 1. The van der Waals surface area contributed by atoms with E-state index in [1.54, 1.807) is 0 Å². The van der Waals surface area contributed by atoms with Crippen LogP contribution in [0.15, 0.2) is 35.3 Å². The molecule has 2 rings (SSSR count). The summed E-state index contributed by atoms with van der Waals surface area (Å²) < 4.78 is 5.76. The van der Waals surface area contributed by atoms with Crippen molar-refractivity contribution in [2.24, 2.45) is 4.99 Å². The van der Waals surface area contributed by atoms with Gasteiger partial charge < -0.3 is 4.74 Å². The highest BCUT2D eigenvalue weighted by Gasteiger charge is 2.27. The van der Waals surface area contributed by atoms with E-state index in [2.05, 4.69) is 31.0 Å². The molecule has 1 aromatic rings. The zero-order valence-corrected chi connectivity index (χ0v) is 8.60. The maximum absolute atomic E-state index is 5.76. The number of hydrogen-bond acceptors (Lipinski definition) is 2. The third-order valence-electron chi connectivity index (χ3n) is 2.48. The van der Waals surface area contributed by atoms with Gasteiger partial charge in [-0.05, 0) is 12.5 Å². The van der Waals surface area contributed by atoms with Crippen molar-refractivity contribution in [3.63, 3.8) is 0 Å². The second-order valence-electron chi connectivity index (χ2n) is 3.57. The zero-order chi connectivity index (χ0) is 9.97. The highest BCUT2D eigenvalue weighted by atomic mass is 16.5. The Morgan fingerprint density at radius 2 is 2.00 bits per heavy atom. The lowest BCUT2D eigenvalue weighted by Crippen LogP contribution is -2.10. The Kier molecular flexibility index (Phi) is 2.53. The molecular weight excluding hydrogens is 174 g/mol. The minimum Gasteiger partial charge on any atom is -0.471 e. The van der Waals surface area contributed by atoms with Crippen LogP contribution in [0.1, 0.15) is 31.9 Å². The van der Waals surface area contributed by atoms with Gasteiger partial charge in [0.2, 0.25) is 0 Å². The monoisotopic (exact) mass is 189 g/mol. The van der Waals surface area contributed by atoms with E-state index in [4.69, 9.17) is 4.74 Å². The summed E-state index contributed by atoms with van der Waals surface area (Å²) >= 11 is 0. The predicted molar refractivity (Wildman–Crippen MR) is 57.5 cm³/mol. The van der Waals surface area contributed by atoms with E-state index in [1.807, 2.05) is 18.2 Å². The molecule has 0 bridgehead atoms. The third-order valence-corrected chi connectivity index (χ3v) is 2.48. The Morgan fingerprint density at radius 1 is 1.29 bits per heavy atom. The van der Waals surface area contributed by atoms with Gasteiger partial charge in [0.25, 0.3) is 0 Å². The van der Waals surface area contributed by atoms with E-state index < -0.39 is 0 Å². The molecule has 0 aliphatic carbocycles. The van der Waals surface area contributed by atoms with Crippen molar-refractivity contribution in [1.82, 2.24) is 0 Å². The first-order valence-electron chi connectivity index (χ1n) is 5.09. The topological polar surface area (TPSA) is 21.6 Å². The van der Waals surface area contributed by atoms with Crippen LogP contribution in [0.4, 0.5) is 0 Å². The highest BCUT2D eigenvalue weighted by Crippen LogP contribution is 2.29. The lowest BCUT2D eigenvalue weighted by atomic mass is 10.0. The first-order valence-corrected chi connectivity index (χ1v) is 5.09. The molecule has 74 valence electrons. The molecule has 1 aromatic carbocycles. The molecule has 0 amide bonds. The summed E-state index contributed by atoms with van der Waals surface area (Å²) in [6.45, 7) is 4.17. The molecule has 1 aliphatic heterocycles. The van der Waals surface area contributed by atoms with Crippen molar-refractivity contribution in [3.8, 4) is 0 Å². The summed E-state index contributed by atoms with van der Waals surface area (Å²) in [7, 11) is 0. The molecule has 0 unspecified atom stereocenters. The summed E-state index contributed by atoms with van der Waals surface area (Å²) in [6.07, 6.45) is 0.999. The molecular formula is C12H15NO. The highest BCUT2D eigenvalue weighted by molar-refractivity contribution is 5.77. The third kappa shape index (κ3) is 1.65. The molecule has 0 saturated carbocycles. The SMILES string of the molecule is CCC1=N[C@@H](C)[C@@H](c2ccccc2)O1. The molecule has 2 atom stereocenters. The van der Waals surface area contributed by atoms with Gasteiger partial charge in [-0.3, -0.25) is 0 Å². The summed E-state index contributed by atoms with van der Waals surface area (Å²) in [6, 6.07) is 10.5. The van der Waals surface area contributed by atoms with Crippen molar-refractivity contribution in [3.05, 3.63) is 35.9 Å². The Balaban J connectivity index is 2.16. The maximum Gasteiger partial charge on any atom is 0.184 e. The first-order chi connectivity index (χ1) is 6.81. The fraction of sp³-hybridized carbons (Fsp3) is 0.417. The Bertz CT molecular complexity index is 331. The average molecular weight is 189 g/mol. The van der Waals surface area contributed by atoms with Crippen LogP contribution in [-0.2, 0) is 4.74 Å². The van der Waals surface area contributed by atoms with Crippen LogP contribution in [-0.4, -0.2) is 11.9 Å². The van der Waals surface area contributed by atoms with Crippen molar-refractivity contribution in [2.45, 2.75) is 32.4 Å². The van der Waals surface area contributed by atoms with Gasteiger partial charge in [-0.15, -0.1) is 0 Å². The fourth-order valence-corrected chi connectivity index (χ4v) is 1.73. The summed E-state index contributed by atoms with van der Waals surface area (Å²) in [5.41, 5.74) is 1.22. The minimum atomic E-state index is 0.117. The fourth-order valence-electron chi connectivity index (χ4n) is 1.73. The molecule has 14 heavy (non-hydrogen) atoms. The number of nitrogens with zero attached hydrogens (tertiary/aromatic N) is 1. The van der Waals surface area contributed by atoms with Crippen molar-refractivity contribution in [1.29, 1.82) is 0 Å². The van der Waals surface area contributed by atoms with Gasteiger partial charge in [0.05, 0.1) is 6.04 Å². The second kappa shape index (κ2) is 3.82. The molecule has 1 heterocycles. The smallest absolute Gasteiger partial charge is 0.184 e. The van der Waals surface area contributed by atoms with Crippen molar-refractivity contribution in [2.75, 3.05) is 0 Å². The Labute approximate surface area is 84.6 Å². The molecule has 0 radical (unpaired) electrons. The van der Waals surface area contributed by atoms with E-state index in [1.165, 1.54) is 5.56 Å². The van der Waals surface area contributed by atoms with Gasteiger partial charge >= 0.3 is 0 Å². The lowest BCUT2D eigenvalue weighted by Gasteiger charge is -2.14. The van der Waals surface area contributed by atoms with E-state index in [-0.39, 0.29) is 12.1 Å². The Hall–Kier alpha value is -1.31. The molecule has 0 aromatic heterocycles. The van der Waals surface area contributed by atoms with Crippen LogP contribution in [0.2, 0.25) is 0 Å². The summed E-state index contributed by atoms with van der Waals surface area (Å²) in [5, 5.41) is 0. The second-order valence-corrected chi connectivity index (χ2v) is 3.57. The summed E-state index contributed by atoms with van der Waals surface area (Å²) in [5.74, 6) is 0.881. The largest absolute Gasteiger partial charge is 0.471 e. The minimum absolute atomic E-state index is 0.117. The Morgan fingerprint density at radius 3 is 2.57 bits per heavy atom. The van der Waals surface area contributed by atoms with Gasteiger partial charge in [-0.25, -0.2) is 4.99 Å². The predicted octanol–water partition coefficient (Wildman–Crippen LogP) is 2.95. The molecule has 0 fully saturated rings. The molecule has 0 N–H and O–H groups in total. The van der Waals surface area contributed by atoms with Gasteiger partial charge in [0, 0.05) is 6.42 Å². The molecule has 0 saturated heterocycles. The maximum atomic E-state index is 5.76. The van der Waals surface area contributed by atoms with Crippen molar-refractivity contribution >= 4 is 5.90 Å². The van der Waals surface area contributed by atoms with E-state index >= 15 is 0 Å². The quantitative estimate of drug-likeness (QED) is 0.701. The van der Waals surface area contributed by atoms with Crippen LogP contribution in [0.3, 0.4) is 0 Å². The van der Waals surface area contributed by atoms with Gasteiger partial charge in [0.15, 0.2) is 5.90 Å². The molecule has 0 spiro atoms. The van der Waals surface area contributed by atoms with Gasteiger partial charge in [-0.1, -0.05) is 37.3 Å². The van der Waals surface area contributed by atoms with Crippen LogP contribution < -0.4 is 0 Å². The normalized spacial score (nSPS) is 25.7. The zero-order valence-electron chi connectivity index (χ0n) is 8.60. The first kappa shape index (κ1) is 9.25. The molecule has 1 aliphatic rings. The van der Waals surface area contributed by atoms with E-state index in [0.717, 1.165) is 12.3 Å². The average Bonchev–Trinajstić information content (AvgIpc) is 2.61. The van der Waals surface area contributed by atoms with Crippen LogP contribution in [0, 0.1) is 0 Å². The standard InChI is InChI=1S/C12H15NO/c1-3-11-13-9(2)12(14-11)10-7-5-4-6-8-10/h4-9,12H,3H2,1-2H3/t9-,12-/m0/s1. The van der Waals surface area contributed by atoms with E-state index in [9.17, 15) is 0 Å². The van der Waals surface area contributed by atoms with Gasteiger partial charge in [-0.2, -0.15) is 0 Å². The lowest BCUT2D eigenvalue weighted by molar-refractivity contribution is 0.197. The number of rotatable bonds is 2. The molecule has 2 heteroatoms. The number of ether oxygens (including phenoxy) is 1. The van der Waals surface area contributed by atoms with Crippen LogP contribution in [0.5, 0.6) is 0 Å². The summed E-state index contributed by atoms with van der Waals surface area (Å²) in [4.78, 5) is 4.46. The van der Waals surface area contributed by atoms with Crippen molar-refractivity contribution < 1.29 is 4.74 Å². The van der Waals surface area contributed by atoms with Gasteiger partial charge in [0.1, 0.15) is 6.10 Å². The van der Waals surface area contributed by atoms with Crippen LogP contribution >= 0.6 is 0 Å². The molecule has 2 nitrogen and oxygen atoms in total. The number of aliphatic imine (C=N–C) groups is 1. The van der Waals surface area contributed by atoms with Crippen LogP contribution in [0.25, 0.3) is 0 Å².